The molecule has 2 aromatic heterocycles. The van der Waals surface area contributed by atoms with E-state index in [-0.39, 0.29) is 23.2 Å². The zero-order valence-electron chi connectivity index (χ0n) is 15.8. The first-order valence-electron chi connectivity index (χ1n) is 9.77. The van der Waals surface area contributed by atoms with E-state index in [1.165, 1.54) is 50.6 Å². The van der Waals surface area contributed by atoms with Crippen LogP contribution in [0.3, 0.4) is 0 Å². The second-order valence-electron chi connectivity index (χ2n) is 7.33. The van der Waals surface area contributed by atoms with Crippen molar-refractivity contribution in [2.75, 3.05) is 11.9 Å². The summed E-state index contributed by atoms with van der Waals surface area (Å²) in [6.07, 6.45) is 7.68. The number of anilines is 1. The van der Waals surface area contributed by atoms with Gasteiger partial charge in [0.2, 0.25) is 0 Å². The molecule has 1 fully saturated rings. The first kappa shape index (κ1) is 19.6. The lowest BCUT2D eigenvalue weighted by Gasteiger charge is -2.21. The maximum absolute atomic E-state index is 13.3. The van der Waals surface area contributed by atoms with E-state index < -0.39 is 5.82 Å². The fourth-order valence-corrected chi connectivity index (χ4v) is 3.88. The number of hydrogen-bond donors (Lipinski definition) is 3. The third-order valence-electron chi connectivity index (χ3n) is 5.29. The molecule has 29 heavy (non-hydrogen) atoms. The zero-order valence-corrected chi connectivity index (χ0v) is 16.6. The minimum absolute atomic E-state index is 0.0171. The number of aromatic amines is 1. The van der Waals surface area contributed by atoms with Crippen LogP contribution >= 0.6 is 11.6 Å². The number of amides is 1. The highest BCUT2D eigenvalue weighted by molar-refractivity contribution is 6.30. The molecule has 1 saturated carbocycles. The summed E-state index contributed by atoms with van der Waals surface area (Å²) in [5.74, 6) is 0.403. The molecule has 1 aliphatic carbocycles. The molecule has 0 aliphatic heterocycles. The number of benzene rings is 1. The Morgan fingerprint density at radius 1 is 1.24 bits per heavy atom. The average Bonchev–Trinajstić information content (AvgIpc) is 3.17. The van der Waals surface area contributed by atoms with Crippen LogP contribution in [0.2, 0.25) is 5.02 Å². The molecule has 0 radical (unpaired) electrons. The Labute approximate surface area is 172 Å². The molecule has 0 atom stereocenters. The molecule has 152 valence electrons. The van der Waals surface area contributed by atoms with Crippen LogP contribution in [-0.4, -0.2) is 32.6 Å². The summed E-state index contributed by atoms with van der Waals surface area (Å²) in [5.41, 5.74) is 1.97. The van der Waals surface area contributed by atoms with Gasteiger partial charge in [-0.25, -0.2) is 14.4 Å². The van der Waals surface area contributed by atoms with Crippen LogP contribution < -0.4 is 10.6 Å². The van der Waals surface area contributed by atoms with E-state index in [0.29, 0.717) is 28.3 Å². The standard InChI is InChI=1S/C20H22ClFN6O/c21-14-8-13(6-7-15(14)22)10-24-20(29)18-16-17(25-11-26-18)19(28-27-16)23-9-12-4-2-1-3-5-12/h6-8,11-12H,1-5,9-10H2,(H,24,29)(H2,23,27,28). The van der Waals surface area contributed by atoms with Crippen molar-refractivity contribution < 1.29 is 9.18 Å². The van der Waals surface area contributed by atoms with Crippen LogP contribution in [0, 0.1) is 11.7 Å². The monoisotopic (exact) mass is 416 g/mol. The van der Waals surface area contributed by atoms with Crippen LogP contribution in [-0.2, 0) is 6.54 Å². The van der Waals surface area contributed by atoms with Gasteiger partial charge in [0.25, 0.3) is 5.91 Å². The number of fused-ring (bicyclic) bond motifs is 1. The minimum atomic E-state index is -0.495. The molecule has 0 unspecified atom stereocenters. The van der Waals surface area contributed by atoms with E-state index in [1.54, 1.807) is 6.07 Å². The predicted octanol–water partition coefficient (Wildman–Crippen LogP) is 4.07. The fraction of sp³-hybridized carbons (Fsp3) is 0.400. The average molecular weight is 417 g/mol. The second kappa shape index (κ2) is 8.73. The van der Waals surface area contributed by atoms with E-state index in [4.69, 9.17) is 11.6 Å². The summed E-state index contributed by atoms with van der Waals surface area (Å²) < 4.78 is 13.3. The Morgan fingerprint density at radius 2 is 2.07 bits per heavy atom. The number of H-pyrrole nitrogens is 1. The summed E-state index contributed by atoms with van der Waals surface area (Å²) in [6.45, 7) is 1.04. The van der Waals surface area contributed by atoms with Crippen LogP contribution in [0.5, 0.6) is 0 Å². The van der Waals surface area contributed by atoms with E-state index in [2.05, 4.69) is 30.8 Å². The van der Waals surface area contributed by atoms with Gasteiger partial charge < -0.3 is 10.6 Å². The number of carbonyl (C=O) groups excluding carboxylic acids is 1. The SMILES string of the molecule is O=C(NCc1ccc(F)c(Cl)c1)c1ncnc2c(NCC3CCCCC3)n[nH]c12. The molecule has 2 heterocycles. The summed E-state index contributed by atoms with van der Waals surface area (Å²) in [5, 5.41) is 13.3. The highest BCUT2D eigenvalue weighted by Crippen LogP contribution is 2.25. The van der Waals surface area contributed by atoms with Crippen LogP contribution in [0.4, 0.5) is 10.2 Å². The summed E-state index contributed by atoms with van der Waals surface area (Å²) in [7, 11) is 0. The number of halogens is 2. The highest BCUT2D eigenvalue weighted by atomic mass is 35.5. The van der Waals surface area contributed by atoms with Crippen molar-refractivity contribution >= 4 is 34.4 Å². The van der Waals surface area contributed by atoms with Crippen LogP contribution in [0.25, 0.3) is 11.0 Å². The van der Waals surface area contributed by atoms with Crippen LogP contribution in [0.15, 0.2) is 24.5 Å². The van der Waals surface area contributed by atoms with Crippen molar-refractivity contribution in [1.82, 2.24) is 25.5 Å². The zero-order chi connectivity index (χ0) is 20.2. The van der Waals surface area contributed by atoms with Gasteiger partial charge in [0, 0.05) is 13.1 Å². The van der Waals surface area contributed by atoms with E-state index >= 15 is 0 Å². The van der Waals surface area contributed by atoms with Gasteiger partial charge in [-0.15, -0.1) is 0 Å². The van der Waals surface area contributed by atoms with Crippen molar-refractivity contribution in [3.63, 3.8) is 0 Å². The topological polar surface area (TPSA) is 95.6 Å². The number of nitrogens with one attached hydrogen (secondary N) is 3. The largest absolute Gasteiger partial charge is 0.367 e. The molecule has 0 bridgehead atoms. The molecule has 0 spiro atoms. The van der Waals surface area contributed by atoms with Crippen molar-refractivity contribution in [3.05, 3.63) is 46.6 Å². The maximum Gasteiger partial charge on any atom is 0.272 e. The Bertz CT molecular complexity index is 1020. The highest BCUT2D eigenvalue weighted by Gasteiger charge is 2.19. The van der Waals surface area contributed by atoms with Crippen molar-refractivity contribution in [3.8, 4) is 0 Å². The Balaban J connectivity index is 1.45. The minimum Gasteiger partial charge on any atom is -0.367 e. The van der Waals surface area contributed by atoms with Crippen LogP contribution in [0.1, 0.15) is 48.2 Å². The number of nitrogens with zero attached hydrogens (tertiary/aromatic N) is 3. The molecule has 1 aromatic carbocycles. The lowest BCUT2D eigenvalue weighted by molar-refractivity contribution is 0.0947. The van der Waals surface area contributed by atoms with Gasteiger partial charge in [-0.2, -0.15) is 5.10 Å². The summed E-state index contributed by atoms with van der Waals surface area (Å²) >= 11 is 5.78. The molecule has 0 saturated heterocycles. The normalized spacial score (nSPS) is 14.8. The fourth-order valence-electron chi connectivity index (χ4n) is 3.68. The van der Waals surface area contributed by atoms with Gasteiger partial charge in [-0.1, -0.05) is 36.9 Å². The second-order valence-corrected chi connectivity index (χ2v) is 7.74. The van der Waals surface area contributed by atoms with Gasteiger partial charge in [0.05, 0.1) is 5.02 Å². The maximum atomic E-state index is 13.3. The van der Waals surface area contributed by atoms with Crippen molar-refractivity contribution in [2.45, 2.75) is 38.6 Å². The Hall–Kier alpha value is -2.74. The molecule has 1 amide bonds. The molecule has 4 rings (SSSR count). The lowest BCUT2D eigenvalue weighted by Crippen LogP contribution is -2.24. The van der Waals surface area contributed by atoms with Gasteiger partial charge in [0.15, 0.2) is 11.5 Å². The third kappa shape index (κ3) is 4.48. The van der Waals surface area contributed by atoms with Gasteiger partial charge in [0.1, 0.15) is 23.2 Å². The summed E-state index contributed by atoms with van der Waals surface area (Å²) in [4.78, 5) is 21.0. The molecular weight excluding hydrogens is 395 g/mol. The predicted molar refractivity (Wildman–Crippen MR) is 109 cm³/mol. The van der Waals surface area contributed by atoms with Gasteiger partial charge >= 0.3 is 0 Å². The molecule has 1 aliphatic rings. The van der Waals surface area contributed by atoms with E-state index in [1.807, 2.05) is 0 Å². The lowest BCUT2D eigenvalue weighted by atomic mass is 9.89. The summed E-state index contributed by atoms with van der Waals surface area (Å²) in [6, 6.07) is 4.32. The quantitative estimate of drug-likeness (QED) is 0.563. The van der Waals surface area contributed by atoms with Crippen molar-refractivity contribution in [1.29, 1.82) is 0 Å². The molecular formula is C20H22ClFN6O. The number of hydrogen-bond acceptors (Lipinski definition) is 5. The Kier molecular flexibility index (Phi) is 5.89. The van der Waals surface area contributed by atoms with E-state index in [0.717, 1.165) is 6.54 Å². The van der Waals surface area contributed by atoms with Crippen molar-refractivity contribution in [2.24, 2.45) is 5.92 Å². The molecule has 3 N–H and O–H groups in total. The van der Waals surface area contributed by atoms with Gasteiger partial charge in [-0.05, 0) is 36.5 Å². The smallest absolute Gasteiger partial charge is 0.272 e. The van der Waals surface area contributed by atoms with Gasteiger partial charge in [-0.3, -0.25) is 9.89 Å². The number of carbonyl (C=O) groups is 1. The first-order chi connectivity index (χ1) is 14.1. The van der Waals surface area contributed by atoms with E-state index in [9.17, 15) is 9.18 Å². The Morgan fingerprint density at radius 3 is 2.86 bits per heavy atom. The number of rotatable bonds is 6. The number of aromatic nitrogens is 4. The molecule has 7 nitrogen and oxygen atoms in total. The molecule has 3 aromatic rings. The third-order valence-corrected chi connectivity index (χ3v) is 5.58. The molecule has 9 heteroatoms. The first-order valence-corrected chi connectivity index (χ1v) is 10.1.